The second-order valence-corrected chi connectivity index (χ2v) is 6.27. The van der Waals surface area contributed by atoms with E-state index < -0.39 is 0 Å². The Labute approximate surface area is 124 Å². The minimum Gasteiger partial charge on any atom is -0.491 e. The molecule has 1 aromatic carbocycles. The van der Waals surface area contributed by atoms with Crippen LogP contribution in [0.4, 0.5) is 0 Å². The second kappa shape index (κ2) is 7.55. The lowest BCUT2D eigenvalue weighted by Gasteiger charge is -2.24. The number of nitrogens with one attached hydrogen (secondary N) is 2. The summed E-state index contributed by atoms with van der Waals surface area (Å²) in [5.41, 5.74) is 1.21. The van der Waals surface area contributed by atoms with Crippen LogP contribution >= 0.6 is 11.8 Å². The predicted octanol–water partition coefficient (Wildman–Crippen LogP) is 1.58. The molecular formula is C15H22N2O2S. The average molecular weight is 294 g/mol. The Bertz CT molecular complexity index is 430. The molecule has 1 aliphatic heterocycles. The van der Waals surface area contributed by atoms with E-state index in [1.54, 1.807) is 0 Å². The minimum atomic E-state index is -0.0735. The van der Waals surface area contributed by atoms with Crippen molar-refractivity contribution in [2.75, 3.05) is 24.7 Å². The summed E-state index contributed by atoms with van der Waals surface area (Å²) in [5, 5.41) is 6.22. The lowest BCUT2D eigenvalue weighted by molar-refractivity contribution is -0.123. The van der Waals surface area contributed by atoms with Crippen LogP contribution in [-0.2, 0) is 4.79 Å². The summed E-state index contributed by atoms with van der Waals surface area (Å²) in [6, 6.07) is 7.85. The Kier molecular flexibility index (Phi) is 5.73. The normalized spacial score (nSPS) is 20.2. The minimum absolute atomic E-state index is 0.00229. The molecule has 2 rings (SSSR count). The summed E-state index contributed by atoms with van der Waals surface area (Å²) < 4.78 is 5.67. The molecule has 0 aromatic heterocycles. The fourth-order valence-electron chi connectivity index (χ4n) is 1.97. The third kappa shape index (κ3) is 4.72. The fourth-order valence-corrected chi connectivity index (χ4v) is 2.91. The van der Waals surface area contributed by atoms with E-state index >= 15 is 0 Å². The number of thioether (sulfide) groups is 1. The van der Waals surface area contributed by atoms with Gasteiger partial charge in [0.2, 0.25) is 5.91 Å². The van der Waals surface area contributed by atoms with Gasteiger partial charge in [-0.1, -0.05) is 17.7 Å². The molecule has 1 saturated heterocycles. The van der Waals surface area contributed by atoms with Crippen LogP contribution in [0.1, 0.15) is 12.5 Å². The highest BCUT2D eigenvalue weighted by molar-refractivity contribution is 7.99. The van der Waals surface area contributed by atoms with Crippen molar-refractivity contribution in [1.29, 1.82) is 0 Å². The highest BCUT2D eigenvalue weighted by Crippen LogP contribution is 2.12. The maximum absolute atomic E-state index is 12.0. The van der Waals surface area contributed by atoms with Crippen LogP contribution < -0.4 is 15.4 Å². The van der Waals surface area contributed by atoms with Crippen LogP contribution in [0.2, 0.25) is 0 Å². The zero-order valence-corrected chi connectivity index (χ0v) is 12.8. The van der Waals surface area contributed by atoms with Crippen molar-refractivity contribution in [2.24, 2.45) is 0 Å². The molecule has 1 aliphatic rings. The second-order valence-electron chi connectivity index (χ2n) is 5.12. The van der Waals surface area contributed by atoms with Crippen LogP contribution in [-0.4, -0.2) is 42.6 Å². The lowest BCUT2D eigenvalue weighted by Crippen LogP contribution is -2.51. The molecule has 20 heavy (non-hydrogen) atoms. The topological polar surface area (TPSA) is 50.4 Å². The molecular weight excluding hydrogens is 272 g/mol. The van der Waals surface area contributed by atoms with E-state index in [0.717, 1.165) is 23.8 Å². The van der Waals surface area contributed by atoms with Crippen LogP contribution in [0.3, 0.4) is 0 Å². The molecule has 0 spiro atoms. The number of amides is 1. The number of hydrogen-bond acceptors (Lipinski definition) is 4. The summed E-state index contributed by atoms with van der Waals surface area (Å²) in [6.45, 7) is 5.38. The maximum Gasteiger partial charge on any atom is 0.238 e. The Morgan fingerprint density at radius 2 is 2.25 bits per heavy atom. The van der Waals surface area contributed by atoms with Crippen molar-refractivity contribution in [3.8, 4) is 5.75 Å². The number of hydrogen-bond donors (Lipinski definition) is 2. The number of benzene rings is 1. The highest BCUT2D eigenvalue weighted by atomic mass is 32.2. The first-order valence-electron chi connectivity index (χ1n) is 6.96. The SMILES string of the molecule is Cc1ccc(OCC(C)NC(=O)C2CSCCN2)cc1. The van der Waals surface area contributed by atoms with E-state index in [9.17, 15) is 4.79 Å². The first kappa shape index (κ1) is 15.2. The zero-order chi connectivity index (χ0) is 14.4. The van der Waals surface area contributed by atoms with Gasteiger partial charge in [-0.05, 0) is 26.0 Å². The van der Waals surface area contributed by atoms with Crippen LogP contribution in [0.5, 0.6) is 5.75 Å². The molecule has 0 aliphatic carbocycles. The molecule has 0 saturated carbocycles. The van der Waals surface area contributed by atoms with Gasteiger partial charge >= 0.3 is 0 Å². The number of carbonyl (C=O) groups is 1. The molecule has 0 radical (unpaired) electrons. The fraction of sp³-hybridized carbons (Fsp3) is 0.533. The van der Waals surface area contributed by atoms with Gasteiger partial charge in [-0.15, -0.1) is 0 Å². The summed E-state index contributed by atoms with van der Waals surface area (Å²) in [4.78, 5) is 12.0. The Balaban J connectivity index is 1.73. The van der Waals surface area contributed by atoms with Crippen molar-refractivity contribution < 1.29 is 9.53 Å². The predicted molar refractivity (Wildman–Crippen MR) is 83.4 cm³/mol. The molecule has 5 heteroatoms. The zero-order valence-electron chi connectivity index (χ0n) is 12.0. The quantitative estimate of drug-likeness (QED) is 0.866. The molecule has 1 fully saturated rings. The molecule has 1 aromatic rings. The van der Waals surface area contributed by atoms with E-state index in [2.05, 4.69) is 10.6 Å². The average Bonchev–Trinajstić information content (AvgIpc) is 2.47. The van der Waals surface area contributed by atoms with E-state index in [0.29, 0.717) is 6.61 Å². The lowest BCUT2D eigenvalue weighted by atomic mass is 10.2. The summed E-state index contributed by atoms with van der Waals surface area (Å²) in [6.07, 6.45) is 0. The van der Waals surface area contributed by atoms with Gasteiger partial charge in [0.05, 0.1) is 12.1 Å². The van der Waals surface area contributed by atoms with Gasteiger partial charge in [0.1, 0.15) is 12.4 Å². The summed E-state index contributed by atoms with van der Waals surface area (Å²) in [5.74, 6) is 2.83. The summed E-state index contributed by atoms with van der Waals surface area (Å²) in [7, 11) is 0. The Morgan fingerprint density at radius 3 is 2.90 bits per heavy atom. The smallest absolute Gasteiger partial charge is 0.238 e. The number of carbonyl (C=O) groups excluding carboxylic acids is 1. The van der Waals surface area contributed by atoms with Crippen molar-refractivity contribution in [2.45, 2.75) is 25.9 Å². The molecule has 4 nitrogen and oxygen atoms in total. The van der Waals surface area contributed by atoms with Gasteiger partial charge in [-0.3, -0.25) is 4.79 Å². The number of aryl methyl sites for hydroxylation is 1. The van der Waals surface area contributed by atoms with E-state index in [-0.39, 0.29) is 18.0 Å². The Hall–Kier alpha value is -1.20. The van der Waals surface area contributed by atoms with Gasteiger partial charge in [0.15, 0.2) is 0 Å². The highest BCUT2D eigenvalue weighted by Gasteiger charge is 2.22. The third-order valence-electron chi connectivity index (χ3n) is 3.15. The van der Waals surface area contributed by atoms with Crippen molar-refractivity contribution in [3.05, 3.63) is 29.8 Å². The number of ether oxygens (including phenoxy) is 1. The molecule has 0 bridgehead atoms. The molecule has 110 valence electrons. The molecule has 1 heterocycles. The van der Waals surface area contributed by atoms with E-state index in [1.165, 1.54) is 5.56 Å². The first-order valence-corrected chi connectivity index (χ1v) is 8.11. The van der Waals surface area contributed by atoms with Crippen molar-refractivity contribution in [1.82, 2.24) is 10.6 Å². The molecule has 1 amide bonds. The van der Waals surface area contributed by atoms with Gasteiger partial charge in [-0.25, -0.2) is 0 Å². The van der Waals surface area contributed by atoms with Crippen LogP contribution in [0.15, 0.2) is 24.3 Å². The van der Waals surface area contributed by atoms with E-state index in [4.69, 9.17) is 4.74 Å². The van der Waals surface area contributed by atoms with Gasteiger partial charge in [0.25, 0.3) is 0 Å². The largest absolute Gasteiger partial charge is 0.491 e. The van der Waals surface area contributed by atoms with Crippen LogP contribution in [0.25, 0.3) is 0 Å². The monoisotopic (exact) mass is 294 g/mol. The Morgan fingerprint density at radius 1 is 1.50 bits per heavy atom. The van der Waals surface area contributed by atoms with Crippen molar-refractivity contribution in [3.63, 3.8) is 0 Å². The standard InChI is InChI=1S/C15H22N2O2S/c1-11-3-5-13(6-4-11)19-9-12(2)17-15(18)14-10-20-8-7-16-14/h3-6,12,14,16H,7-10H2,1-2H3,(H,17,18). The molecule has 2 atom stereocenters. The molecule has 2 N–H and O–H groups in total. The first-order chi connectivity index (χ1) is 9.65. The van der Waals surface area contributed by atoms with Crippen molar-refractivity contribution >= 4 is 17.7 Å². The van der Waals surface area contributed by atoms with Gasteiger partial charge < -0.3 is 15.4 Å². The third-order valence-corrected chi connectivity index (χ3v) is 4.21. The van der Waals surface area contributed by atoms with Gasteiger partial charge in [-0.2, -0.15) is 11.8 Å². The van der Waals surface area contributed by atoms with Gasteiger partial charge in [0, 0.05) is 18.1 Å². The molecule has 2 unspecified atom stereocenters. The summed E-state index contributed by atoms with van der Waals surface area (Å²) >= 11 is 1.82. The number of rotatable bonds is 5. The van der Waals surface area contributed by atoms with Crippen LogP contribution in [0, 0.1) is 6.92 Å². The van der Waals surface area contributed by atoms with E-state index in [1.807, 2.05) is 49.9 Å². The maximum atomic E-state index is 12.0.